The van der Waals surface area contributed by atoms with Gasteiger partial charge in [-0.2, -0.15) is 5.26 Å². The highest BCUT2D eigenvalue weighted by Gasteiger charge is 2.38. The number of rotatable bonds is 8. The predicted octanol–water partition coefficient (Wildman–Crippen LogP) is 5.38. The van der Waals surface area contributed by atoms with Gasteiger partial charge >= 0.3 is 0 Å². The van der Waals surface area contributed by atoms with Crippen LogP contribution in [0.2, 0.25) is 0 Å². The molecule has 2 aliphatic heterocycles. The van der Waals surface area contributed by atoms with E-state index < -0.39 is 5.92 Å². The number of nitrogens with two attached hydrogens (primary N) is 1. The van der Waals surface area contributed by atoms with Crippen molar-refractivity contribution in [2.24, 2.45) is 5.73 Å². The molecule has 0 fully saturated rings. The Kier molecular flexibility index (Phi) is 8.18. The number of hydrogen-bond donors (Lipinski definition) is 1. The number of benzene rings is 3. The Bertz CT molecular complexity index is 1570. The summed E-state index contributed by atoms with van der Waals surface area (Å²) < 4.78 is 28.3. The fourth-order valence-electron chi connectivity index (χ4n) is 5.45. The van der Waals surface area contributed by atoms with Crippen molar-refractivity contribution in [1.82, 2.24) is 4.90 Å². The number of hydrogen-bond acceptors (Lipinski definition) is 8. The molecule has 8 heteroatoms. The van der Waals surface area contributed by atoms with Crippen LogP contribution in [-0.2, 0) is 11.3 Å². The van der Waals surface area contributed by atoms with Gasteiger partial charge in [-0.05, 0) is 52.6 Å². The van der Waals surface area contributed by atoms with Gasteiger partial charge in [-0.3, -0.25) is 4.90 Å². The van der Waals surface area contributed by atoms with Crippen molar-refractivity contribution in [3.05, 3.63) is 112 Å². The van der Waals surface area contributed by atoms with Crippen LogP contribution in [0.15, 0.2) is 95.1 Å². The van der Waals surface area contributed by atoms with Crippen LogP contribution < -0.4 is 24.7 Å². The van der Waals surface area contributed by atoms with E-state index in [0.29, 0.717) is 47.4 Å². The van der Waals surface area contributed by atoms with Crippen molar-refractivity contribution >= 4 is 6.08 Å². The molecule has 0 bridgehead atoms. The largest absolute Gasteiger partial charge is 0.493 e. The van der Waals surface area contributed by atoms with Gasteiger partial charge in [0.2, 0.25) is 5.88 Å². The van der Waals surface area contributed by atoms with E-state index in [4.69, 9.17) is 29.4 Å². The van der Waals surface area contributed by atoms with Gasteiger partial charge in [0.25, 0.3) is 0 Å². The highest BCUT2D eigenvalue weighted by atomic mass is 16.5. The Morgan fingerprint density at radius 1 is 0.878 bits per heavy atom. The molecule has 2 aliphatic rings. The molecule has 0 aliphatic carbocycles. The summed E-state index contributed by atoms with van der Waals surface area (Å²) in [4.78, 5) is 2.34. The molecule has 3 aromatic rings. The smallest absolute Gasteiger partial charge is 0.205 e. The van der Waals surface area contributed by atoms with Crippen LogP contribution in [0.5, 0.6) is 23.0 Å². The predicted molar refractivity (Wildman–Crippen MR) is 156 cm³/mol. The molecule has 3 aromatic carbocycles. The molecule has 0 spiro atoms. The molecule has 2 heterocycles. The lowest BCUT2D eigenvalue weighted by atomic mass is 9.80. The standard InChI is InChI=1S/C33H33N3O5/c1-37-27-12-10-22(15-29(27)39-3)14-24-19-36(18-21-8-6-5-7-9-21)20-26-31(25(17-34)33(35)41-32(24)26)23-11-13-28(38-2)30(16-23)40-4/h5-16,31H,18-20,35H2,1-4H3/b24-14+. The fourth-order valence-corrected chi connectivity index (χ4v) is 5.45. The van der Waals surface area contributed by atoms with E-state index in [1.165, 1.54) is 5.56 Å². The first kappa shape index (κ1) is 27.7. The topological polar surface area (TPSA) is 99.2 Å². The van der Waals surface area contributed by atoms with Gasteiger partial charge in [0.15, 0.2) is 23.0 Å². The third-order valence-electron chi connectivity index (χ3n) is 7.34. The third kappa shape index (κ3) is 5.58. The molecular formula is C33H33N3O5. The first-order valence-corrected chi connectivity index (χ1v) is 13.2. The van der Waals surface area contributed by atoms with Crippen molar-refractivity contribution in [1.29, 1.82) is 5.26 Å². The van der Waals surface area contributed by atoms with Crippen LogP contribution in [0.4, 0.5) is 0 Å². The molecule has 0 radical (unpaired) electrons. The van der Waals surface area contributed by atoms with Crippen molar-refractivity contribution in [2.75, 3.05) is 41.5 Å². The van der Waals surface area contributed by atoms with Gasteiger partial charge < -0.3 is 29.4 Å². The Labute approximate surface area is 240 Å². The molecule has 8 nitrogen and oxygen atoms in total. The summed E-state index contributed by atoms with van der Waals surface area (Å²) in [6.07, 6.45) is 2.07. The summed E-state index contributed by atoms with van der Waals surface area (Å²) in [5, 5.41) is 10.2. The highest BCUT2D eigenvalue weighted by Crippen LogP contribution is 2.45. The fraction of sp³-hybridized carbons (Fsp3) is 0.242. The molecule has 0 saturated heterocycles. The number of nitrogens with zero attached hydrogens (tertiary/aromatic N) is 2. The van der Waals surface area contributed by atoms with Crippen LogP contribution in [0.25, 0.3) is 6.08 Å². The summed E-state index contributed by atoms with van der Waals surface area (Å²) in [6.45, 7) is 1.93. The van der Waals surface area contributed by atoms with E-state index in [2.05, 4.69) is 29.2 Å². The number of allylic oxidation sites excluding steroid dienone is 1. The second kappa shape index (κ2) is 12.1. The number of methoxy groups -OCH3 is 4. The zero-order chi connectivity index (χ0) is 28.9. The molecule has 1 atom stereocenters. The summed E-state index contributed by atoms with van der Waals surface area (Å²) in [5.74, 6) is 2.82. The average molecular weight is 552 g/mol. The SMILES string of the molecule is COc1ccc(/C=C2\CN(Cc3ccccc3)CC3=C2OC(N)=C(C#N)C3c2ccc(OC)c(OC)c2)cc1OC. The van der Waals surface area contributed by atoms with Gasteiger partial charge in [0, 0.05) is 25.2 Å². The van der Waals surface area contributed by atoms with E-state index in [1.54, 1.807) is 28.4 Å². The van der Waals surface area contributed by atoms with E-state index >= 15 is 0 Å². The molecule has 0 aromatic heterocycles. The summed E-state index contributed by atoms with van der Waals surface area (Å²) in [7, 11) is 6.42. The minimum absolute atomic E-state index is 0.0979. The third-order valence-corrected chi connectivity index (χ3v) is 7.34. The molecule has 0 amide bonds. The Morgan fingerprint density at radius 2 is 1.54 bits per heavy atom. The molecule has 1 unspecified atom stereocenters. The number of ether oxygens (including phenoxy) is 5. The lowest BCUT2D eigenvalue weighted by molar-refractivity contribution is 0.230. The minimum atomic E-state index is -0.420. The maximum Gasteiger partial charge on any atom is 0.205 e. The average Bonchev–Trinajstić information content (AvgIpc) is 3.00. The molecule has 2 N–H and O–H groups in total. The molecule has 210 valence electrons. The van der Waals surface area contributed by atoms with Crippen LogP contribution in [-0.4, -0.2) is 46.4 Å². The Balaban J connectivity index is 1.65. The maximum atomic E-state index is 10.2. The summed E-state index contributed by atoms with van der Waals surface area (Å²) in [5.41, 5.74) is 11.7. The van der Waals surface area contributed by atoms with Gasteiger partial charge in [-0.15, -0.1) is 0 Å². The van der Waals surface area contributed by atoms with Crippen molar-refractivity contribution < 1.29 is 23.7 Å². The van der Waals surface area contributed by atoms with Crippen molar-refractivity contribution in [3.8, 4) is 29.1 Å². The van der Waals surface area contributed by atoms with Crippen molar-refractivity contribution in [3.63, 3.8) is 0 Å². The molecule has 0 saturated carbocycles. The van der Waals surface area contributed by atoms with Crippen LogP contribution in [0.3, 0.4) is 0 Å². The highest BCUT2D eigenvalue weighted by molar-refractivity contribution is 5.65. The minimum Gasteiger partial charge on any atom is -0.493 e. The number of nitriles is 1. The monoisotopic (exact) mass is 551 g/mol. The van der Waals surface area contributed by atoms with Crippen molar-refractivity contribution in [2.45, 2.75) is 12.5 Å². The van der Waals surface area contributed by atoms with E-state index in [1.807, 2.05) is 54.6 Å². The first-order valence-electron chi connectivity index (χ1n) is 13.2. The second-order valence-corrected chi connectivity index (χ2v) is 9.81. The summed E-state index contributed by atoms with van der Waals surface area (Å²) in [6, 6.07) is 24.1. The maximum absolute atomic E-state index is 10.2. The van der Waals surface area contributed by atoms with Crippen LogP contribution >= 0.6 is 0 Å². The second-order valence-electron chi connectivity index (χ2n) is 9.81. The van der Waals surface area contributed by atoms with Crippen LogP contribution in [0, 0.1) is 11.3 Å². The van der Waals surface area contributed by atoms with Gasteiger partial charge in [0.1, 0.15) is 17.4 Å². The van der Waals surface area contributed by atoms with Gasteiger partial charge in [-0.25, -0.2) is 0 Å². The van der Waals surface area contributed by atoms with E-state index in [9.17, 15) is 5.26 Å². The Morgan fingerprint density at radius 3 is 2.20 bits per heavy atom. The Hall–Kier alpha value is -4.87. The van der Waals surface area contributed by atoms with Gasteiger partial charge in [-0.1, -0.05) is 42.5 Å². The lowest BCUT2D eigenvalue weighted by Crippen LogP contribution is -2.37. The first-order chi connectivity index (χ1) is 20.0. The quantitative estimate of drug-likeness (QED) is 0.398. The van der Waals surface area contributed by atoms with Gasteiger partial charge in [0.05, 0.1) is 34.4 Å². The van der Waals surface area contributed by atoms with E-state index in [0.717, 1.165) is 28.8 Å². The molecular weight excluding hydrogens is 518 g/mol. The molecule has 41 heavy (non-hydrogen) atoms. The zero-order valence-electron chi connectivity index (χ0n) is 23.6. The normalized spacial score (nSPS) is 17.9. The zero-order valence-corrected chi connectivity index (χ0v) is 23.6. The van der Waals surface area contributed by atoms with Crippen LogP contribution in [0.1, 0.15) is 22.6 Å². The molecule has 5 rings (SSSR count). The van der Waals surface area contributed by atoms with E-state index in [-0.39, 0.29) is 5.88 Å². The summed E-state index contributed by atoms with van der Waals surface area (Å²) >= 11 is 0. The lowest BCUT2D eigenvalue weighted by Gasteiger charge is -2.38.